The van der Waals surface area contributed by atoms with E-state index in [0.717, 1.165) is 122 Å². The number of hydrogen-bond donors (Lipinski definition) is 2. The fourth-order valence-electron chi connectivity index (χ4n) is 8.62. The summed E-state index contributed by atoms with van der Waals surface area (Å²) in [6.45, 7) is 3.47. The van der Waals surface area contributed by atoms with Gasteiger partial charge in [-0.2, -0.15) is 0 Å². The molecule has 0 radical (unpaired) electrons. The minimum Gasteiger partial charge on any atom is -0.462 e. The fourth-order valence-corrected chi connectivity index (χ4v) is 9.39. The molecule has 0 rings (SSSR count). The molecule has 0 amide bonds. The van der Waals surface area contributed by atoms with E-state index in [1.807, 2.05) is 0 Å². The number of phosphoric ester groups is 1. The van der Waals surface area contributed by atoms with Crippen LogP contribution in [-0.4, -0.2) is 49.3 Å². The van der Waals surface area contributed by atoms with E-state index in [-0.39, 0.29) is 32.6 Å². The SMILES string of the molecule is CC/C=C\C/C=C\C/C=C\C/C=C\C/C=C\C/C=C\C/C=C\CCCCCC(=O)OC(COC(=O)CCCCCCCCCCCCCCCCCCCC/C=C\C/C=C\C/C=C\C/C=C\C/C=C\C/C=C\CC)COP(=O)(O)OCCN. The van der Waals surface area contributed by atoms with Gasteiger partial charge in [-0.25, -0.2) is 4.57 Å². The number of carbonyl (C=O) groups is 2. The molecule has 0 aliphatic heterocycles. The summed E-state index contributed by atoms with van der Waals surface area (Å²) in [6, 6.07) is 0. The Bertz CT molecular complexity index is 1920. The molecule has 3 N–H and O–H groups in total. The maximum absolute atomic E-state index is 12.7. The quantitative estimate of drug-likeness (QED) is 0.0264. The topological polar surface area (TPSA) is 134 Å². The van der Waals surface area contributed by atoms with Crippen LogP contribution in [0.15, 0.2) is 158 Å². The lowest BCUT2D eigenvalue weighted by atomic mass is 10.0. The van der Waals surface area contributed by atoms with Crippen molar-refractivity contribution in [2.45, 2.75) is 264 Å². The monoisotopic (exact) mass is 1170 g/mol. The molecule has 0 aromatic heterocycles. The largest absolute Gasteiger partial charge is 0.472 e. The van der Waals surface area contributed by atoms with Crippen LogP contribution in [0.4, 0.5) is 0 Å². The fraction of sp³-hybridized carbons (Fsp3) is 0.616. The third-order valence-corrected chi connectivity index (χ3v) is 14.4. The van der Waals surface area contributed by atoms with Crippen molar-refractivity contribution in [1.29, 1.82) is 0 Å². The maximum Gasteiger partial charge on any atom is 0.472 e. The van der Waals surface area contributed by atoms with Crippen LogP contribution in [0.25, 0.3) is 0 Å². The Morgan fingerprint density at radius 2 is 0.627 bits per heavy atom. The van der Waals surface area contributed by atoms with Crippen molar-refractivity contribution in [2.75, 3.05) is 26.4 Å². The van der Waals surface area contributed by atoms with E-state index in [2.05, 4.69) is 172 Å². The normalized spacial score (nSPS) is 14.0. The first-order chi connectivity index (χ1) is 40.8. The van der Waals surface area contributed by atoms with E-state index >= 15 is 0 Å². The van der Waals surface area contributed by atoms with E-state index in [0.29, 0.717) is 6.42 Å². The predicted octanol–water partition coefficient (Wildman–Crippen LogP) is 21.6. The second-order valence-electron chi connectivity index (χ2n) is 21.2. The molecule has 0 saturated heterocycles. The van der Waals surface area contributed by atoms with Gasteiger partial charge in [0.15, 0.2) is 6.10 Å². The highest BCUT2D eigenvalue weighted by Gasteiger charge is 2.26. The molecular formula is C73H120NO8P. The lowest BCUT2D eigenvalue weighted by Crippen LogP contribution is -2.29. The molecule has 83 heavy (non-hydrogen) atoms. The number of esters is 2. The van der Waals surface area contributed by atoms with E-state index in [4.69, 9.17) is 24.3 Å². The molecule has 0 aliphatic rings. The zero-order chi connectivity index (χ0) is 60.1. The molecule has 0 aliphatic carbocycles. The van der Waals surface area contributed by atoms with E-state index in [1.54, 1.807) is 0 Å². The highest BCUT2D eigenvalue weighted by Crippen LogP contribution is 2.43. The smallest absolute Gasteiger partial charge is 0.462 e. The van der Waals surface area contributed by atoms with Gasteiger partial charge in [0.1, 0.15) is 6.61 Å². The molecular weight excluding hydrogens is 1050 g/mol. The molecule has 9 nitrogen and oxygen atoms in total. The second kappa shape index (κ2) is 66.8. The molecule has 10 heteroatoms. The molecule has 470 valence electrons. The number of carbonyl (C=O) groups excluding carboxylic acids is 2. The Balaban J connectivity index is 3.96. The first-order valence-electron chi connectivity index (χ1n) is 33.0. The Morgan fingerprint density at radius 3 is 0.940 bits per heavy atom. The van der Waals surface area contributed by atoms with Crippen molar-refractivity contribution in [3.63, 3.8) is 0 Å². The standard InChI is InChI=1S/C73H120NO8P/c1-3-5-7-9-11-13-15-17-19-21-23-25-27-29-30-31-32-33-34-35-36-37-38-39-40-42-43-45-47-49-51-53-55-57-59-61-63-65-72(75)79-69-71(70-81-83(77,78)80-68-67-74)82-73(76)66-64-62-60-58-56-54-52-50-48-46-44-41-28-26-24-22-20-18-16-14-12-10-8-6-4-2/h5-8,11-14,17-20,23-26,29-30,32-33,41,44,48,50,54,56,71H,3-4,9-10,15-16,21-22,27-28,31,34-40,42-43,45-47,49,51-53,55,57-70,74H2,1-2H3,(H,77,78)/b7-5-,8-6-,13-11-,14-12-,19-17-,20-18-,25-23-,26-24-,30-29-,33-32-,44-41-,50-48-,56-54-. The average molecular weight is 1170 g/mol. The molecule has 0 spiro atoms. The lowest BCUT2D eigenvalue weighted by Gasteiger charge is -2.19. The highest BCUT2D eigenvalue weighted by atomic mass is 31.2. The Kier molecular flexibility index (Phi) is 63.3. The third kappa shape index (κ3) is 66.6. The van der Waals surface area contributed by atoms with Gasteiger partial charge in [-0.1, -0.05) is 281 Å². The average Bonchev–Trinajstić information content (AvgIpc) is 3.49. The van der Waals surface area contributed by atoms with Gasteiger partial charge in [0.25, 0.3) is 0 Å². The zero-order valence-corrected chi connectivity index (χ0v) is 53.5. The van der Waals surface area contributed by atoms with Crippen molar-refractivity contribution >= 4 is 19.8 Å². The van der Waals surface area contributed by atoms with Gasteiger partial charge >= 0.3 is 19.8 Å². The van der Waals surface area contributed by atoms with Gasteiger partial charge < -0.3 is 20.1 Å². The number of nitrogens with two attached hydrogens (primary N) is 1. The summed E-state index contributed by atoms with van der Waals surface area (Å²) in [5.74, 6) is -0.871. The number of rotatable bonds is 60. The van der Waals surface area contributed by atoms with Crippen LogP contribution < -0.4 is 5.73 Å². The molecule has 0 fully saturated rings. The number of phosphoric acid groups is 1. The van der Waals surface area contributed by atoms with E-state index in [9.17, 15) is 19.0 Å². The van der Waals surface area contributed by atoms with Gasteiger partial charge in [0.05, 0.1) is 13.2 Å². The van der Waals surface area contributed by atoms with Crippen molar-refractivity contribution in [3.8, 4) is 0 Å². The summed E-state index contributed by atoms with van der Waals surface area (Å²) in [5, 5.41) is 0. The molecule has 0 heterocycles. The van der Waals surface area contributed by atoms with Crippen molar-refractivity contribution < 1.29 is 37.6 Å². The Labute approximate surface area is 509 Å². The molecule has 0 aromatic carbocycles. The van der Waals surface area contributed by atoms with E-state index < -0.39 is 32.5 Å². The molecule has 2 unspecified atom stereocenters. The number of allylic oxidation sites excluding steroid dienone is 26. The van der Waals surface area contributed by atoms with Crippen LogP contribution in [-0.2, 0) is 32.7 Å². The number of hydrogen-bond acceptors (Lipinski definition) is 8. The minimum absolute atomic E-state index is 0.0405. The Hall–Kier alpha value is -4.37. The van der Waals surface area contributed by atoms with Crippen molar-refractivity contribution in [3.05, 3.63) is 158 Å². The Morgan fingerprint density at radius 1 is 0.361 bits per heavy atom. The number of unbranched alkanes of at least 4 members (excludes halogenated alkanes) is 21. The minimum atomic E-state index is -4.41. The van der Waals surface area contributed by atoms with Crippen LogP contribution >= 0.6 is 7.82 Å². The van der Waals surface area contributed by atoms with Crippen LogP contribution in [0.5, 0.6) is 0 Å². The highest BCUT2D eigenvalue weighted by molar-refractivity contribution is 7.47. The molecule has 0 saturated carbocycles. The van der Waals surface area contributed by atoms with Crippen LogP contribution in [0, 0.1) is 0 Å². The van der Waals surface area contributed by atoms with Crippen molar-refractivity contribution in [2.24, 2.45) is 5.73 Å². The van der Waals surface area contributed by atoms with Gasteiger partial charge in [-0.05, 0) is 122 Å². The molecule has 0 aromatic rings. The zero-order valence-electron chi connectivity index (χ0n) is 52.6. The van der Waals surface area contributed by atoms with Crippen LogP contribution in [0.1, 0.15) is 258 Å². The van der Waals surface area contributed by atoms with Gasteiger partial charge in [0, 0.05) is 19.4 Å². The molecule has 2 atom stereocenters. The third-order valence-electron chi connectivity index (χ3n) is 13.4. The summed E-state index contributed by atoms with van der Waals surface area (Å²) >= 11 is 0. The van der Waals surface area contributed by atoms with Crippen LogP contribution in [0.3, 0.4) is 0 Å². The lowest BCUT2D eigenvalue weighted by molar-refractivity contribution is -0.161. The maximum atomic E-state index is 12.7. The second-order valence-corrected chi connectivity index (χ2v) is 22.7. The summed E-state index contributed by atoms with van der Waals surface area (Å²) in [5.41, 5.74) is 5.39. The van der Waals surface area contributed by atoms with Crippen LogP contribution in [0.2, 0.25) is 0 Å². The molecule has 0 bridgehead atoms. The first kappa shape index (κ1) is 78.6. The summed E-state index contributed by atoms with van der Waals surface area (Å²) < 4.78 is 33.1. The van der Waals surface area contributed by atoms with Crippen molar-refractivity contribution in [1.82, 2.24) is 0 Å². The summed E-state index contributed by atoms with van der Waals surface area (Å²) in [4.78, 5) is 35.3. The van der Waals surface area contributed by atoms with E-state index in [1.165, 1.54) is 103 Å². The summed E-state index contributed by atoms with van der Waals surface area (Å²) in [7, 11) is -4.41. The first-order valence-corrected chi connectivity index (χ1v) is 34.5. The van der Waals surface area contributed by atoms with Gasteiger partial charge in [0.2, 0.25) is 0 Å². The number of ether oxygens (including phenoxy) is 2. The van der Waals surface area contributed by atoms with Gasteiger partial charge in [-0.3, -0.25) is 18.6 Å². The summed E-state index contributed by atoms with van der Waals surface area (Å²) in [6.07, 6.45) is 97.5. The van der Waals surface area contributed by atoms with Gasteiger partial charge in [-0.15, -0.1) is 0 Å². The predicted molar refractivity (Wildman–Crippen MR) is 357 cm³/mol.